The minimum Gasteiger partial charge on any atom is -0.488 e. The van der Waals surface area contributed by atoms with Gasteiger partial charge < -0.3 is 36.8 Å². The van der Waals surface area contributed by atoms with E-state index in [4.69, 9.17) is 22.1 Å². The van der Waals surface area contributed by atoms with E-state index < -0.39 is 41.9 Å². The largest absolute Gasteiger partial charge is 0.488 e. The number of carbonyl (C=O) groups excluding carboxylic acids is 3. The first-order valence-electron chi connectivity index (χ1n) is 19.9. The fourth-order valence-corrected chi connectivity index (χ4v) is 8.69. The van der Waals surface area contributed by atoms with Gasteiger partial charge in [-0.2, -0.15) is 0 Å². The van der Waals surface area contributed by atoms with Crippen molar-refractivity contribution in [3.05, 3.63) is 125 Å². The number of carbonyl (C=O) groups is 4. The topological polar surface area (TPSA) is 175 Å². The zero-order valence-electron chi connectivity index (χ0n) is 33.0. The Kier molecular flexibility index (Phi) is 12.6. The molecule has 0 saturated carbocycles. The van der Waals surface area contributed by atoms with E-state index >= 15 is 0 Å². The number of ether oxygens (including phenoxy) is 1. The van der Waals surface area contributed by atoms with Crippen molar-refractivity contribution in [3.8, 4) is 16.9 Å². The van der Waals surface area contributed by atoms with Crippen LogP contribution in [0.3, 0.4) is 0 Å². The second-order valence-electron chi connectivity index (χ2n) is 15.4. The highest BCUT2D eigenvalue weighted by molar-refractivity contribution is 6.18. The molecule has 5 amide bonds. The third kappa shape index (κ3) is 8.92. The first-order chi connectivity index (χ1) is 28.5. The molecule has 0 aromatic heterocycles. The Hall–Kier alpha value is -6.27. The summed E-state index contributed by atoms with van der Waals surface area (Å²) in [4.78, 5) is 53.6. The maximum Gasteiger partial charge on any atom is 0.408 e. The predicted molar refractivity (Wildman–Crippen MR) is 231 cm³/mol. The van der Waals surface area contributed by atoms with Crippen molar-refractivity contribution in [2.24, 2.45) is 11.7 Å². The summed E-state index contributed by atoms with van der Waals surface area (Å²) in [7, 11) is 0. The van der Waals surface area contributed by atoms with Gasteiger partial charge in [0.05, 0.1) is 0 Å². The number of fused-ring (bicyclic) bond motifs is 6. The van der Waals surface area contributed by atoms with Crippen LogP contribution in [0, 0.1) is 5.92 Å². The Bertz CT molecular complexity index is 2310. The summed E-state index contributed by atoms with van der Waals surface area (Å²) in [5, 5.41) is 24.5. The van der Waals surface area contributed by atoms with Crippen LogP contribution in [0.2, 0.25) is 0 Å². The first kappa shape index (κ1) is 40.9. The van der Waals surface area contributed by atoms with Crippen LogP contribution in [-0.2, 0) is 16.2 Å². The monoisotopic (exact) mass is 816 g/mol. The van der Waals surface area contributed by atoms with Crippen molar-refractivity contribution < 1.29 is 29.0 Å². The molecule has 3 atom stereocenters. The predicted octanol–water partition coefficient (Wildman–Crippen LogP) is 7.86. The molecule has 7 N–H and O–H groups in total. The molecule has 0 radical (unpaired) electrons. The van der Waals surface area contributed by atoms with E-state index in [-0.39, 0.29) is 38.0 Å². The lowest BCUT2D eigenvalue weighted by molar-refractivity contribution is -0.131. The van der Waals surface area contributed by atoms with Crippen LogP contribution in [0.1, 0.15) is 60.8 Å². The number of urea groups is 1. The molecule has 59 heavy (non-hydrogen) atoms. The number of alkyl halides is 1. The summed E-state index contributed by atoms with van der Waals surface area (Å²) in [6, 6.07) is 30.4. The summed E-state index contributed by atoms with van der Waals surface area (Å²) >= 11 is 6.28. The Labute approximate surface area is 348 Å². The number of amides is 5. The fraction of sp³-hybridized carbons (Fsp3) is 0.304. The molecule has 1 aliphatic carbocycles. The Morgan fingerprint density at radius 1 is 0.898 bits per heavy atom. The highest BCUT2D eigenvalue weighted by Crippen LogP contribution is 2.45. The lowest BCUT2D eigenvalue weighted by Crippen LogP contribution is -2.56. The summed E-state index contributed by atoms with van der Waals surface area (Å²) in [6.45, 7) is 4.86. The lowest BCUT2D eigenvalue weighted by atomic mass is 9.93. The van der Waals surface area contributed by atoms with Gasteiger partial charge >= 0.3 is 12.1 Å². The number of carboxylic acid groups (broad SMARTS) is 1. The molecule has 2 aliphatic rings. The molecule has 0 unspecified atom stereocenters. The van der Waals surface area contributed by atoms with Crippen LogP contribution >= 0.6 is 11.6 Å². The molecule has 7 rings (SSSR count). The molecular weight excluding hydrogens is 768 g/mol. The number of hydrogen-bond donors (Lipinski definition) is 6. The second kappa shape index (κ2) is 18.1. The number of primary amides is 1. The van der Waals surface area contributed by atoms with Gasteiger partial charge in [-0.05, 0) is 69.7 Å². The molecule has 1 heterocycles. The molecule has 0 spiro atoms. The zero-order chi connectivity index (χ0) is 41.6. The van der Waals surface area contributed by atoms with E-state index in [1.165, 1.54) is 10.5 Å². The van der Waals surface area contributed by atoms with Crippen LogP contribution in [0.15, 0.2) is 103 Å². The van der Waals surface area contributed by atoms with Gasteiger partial charge in [-0.1, -0.05) is 98.8 Å². The number of nitrogens with one attached hydrogen (secondary N) is 4. The molecule has 5 aromatic carbocycles. The van der Waals surface area contributed by atoms with E-state index in [2.05, 4.69) is 27.3 Å². The minimum atomic E-state index is -1.24. The van der Waals surface area contributed by atoms with Crippen LogP contribution in [0.4, 0.5) is 21.0 Å². The van der Waals surface area contributed by atoms with Crippen LogP contribution < -0.4 is 31.7 Å². The van der Waals surface area contributed by atoms with Crippen molar-refractivity contribution >= 4 is 57.7 Å². The minimum absolute atomic E-state index is 0.0448. The molecule has 306 valence electrons. The normalized spacial score (nSPS) is 15.0. The molecule has 0 fully saturated rings. The van der Waals surface area contributed by atoms with Crippen molar-refractivity contribution in [3.63, 3.8) is 0 Å². The third-order valence-corrected chi connectivity index (χ3v) is 11.6. The van der Waals surface area contributed by atoms with Crippen molar-refractivity contribution in [2.45, 2.75) is 57.2 Å². The highest BCUT2D eigenvalue weighted by atomic mass is 35.5. The Morgan fingerprint density at radius 3 is 2.17 bits per heavy atom. The van der Waals surface area contributed by atoms with Crippen LogP contribution in [0.25, 0.3) is 21.9 Å². The summed E-state index contributed by atoms with van der Waals surface area (Å²) in [6.07, 6.45) is -0.764. The number of anilines is 2. The van der Waals surface area contributed by atoms with E-state index in [0.29, 0.717) is 18.0 Å². The second-order valence-corrected chi connectivity index (χ2v) is 15.7. The standard InChI is InChI=1S/C46H49ClN6O6/c1-27(2)42(53(46(57)58)25-37-33-12-5-3-10-31(33)32-11-4-6-13-34(32)37)44(55)52-38(16-9-21-49-45(48)56)43(54)51-30-19-17-28(18-20-30)26-59-40-22-39-41(29(23-47)24-50-39)36-15-8-7-14-35(36)40/h3-8,10-15,17-20,22,27,29,37-38,42,50H,9,16,21,23-26H2,1-2H3,(H,51,54)(H,52,55)(H,57,58)(H3,48,49,56)/t29-,38+,42+/m1/s1. The highest BCUT2D eigenvalue weighted by Gasteiger charge is 2.39. The third-order valence-electron chi connectivity index (χ3n) is 11.2. The van der Waals surface area contributed by atoms with Gasteiger partial charge in [0.1, 0.15) is 24.4 Å². The summed E-state index contributed by atoms with van der Waals surface area (Å²) in [5.74, 6) is -0.288. The number of nitrogens with zero attached hydrogens (tertiary/aromatic N) is 1. The van der Waals surface area contributed by atoms with Crippen LogP contribution in [0.5, 0.6) is 5.75 Å². The lowest BCUT2D eigenvalue weighted by Gasteiger charge is -2.34. The average Bonchev–Trinajstić information content (AvgIpc) is 3.80. The quantitative estimate of drug-likeness (QED) is 0.0434. The number of benzene rings is 5. The molecule has 13 heteroatoms. The van der Waals surface area contributed by atoms with Gasteiger partial charge in [0, 0.05) is 60.2 Å². The van der Waals surface area contributed by atoms with Gasteiger partial charge in [-0.3, -0.25) is 14.5 Å². The van der Waals surface area contributed by atoms with Crippen molar-refractivity contribution in [1.29, 1.82) is 0 Å². The maximum atomic E-state index is 14.2. The van der Waals surface area contributed by atoms with Gasteiger partial charge in [-0.25, -0.2) is 9.59 Å². The van der Waals surface area contributed by atoms with Gasteiger partial charge in [0.2, 0.25) is 11.8 Å². The van der Waals surface area contributed by atoms with Gasteiger partial charge in [-0.15, -0.1) is 11.6 Å². The van der Waals surface area contributed by atoms with E-state index in [0.717, 1.165) is 56.6 Å². The van der Waals surface area contributed by atoms with Crippen molar-refractivity contribution in [1.82, 2.24) is 15.5 Å². The van der Waals surface area contributed by atoms with Crippen molar-refractivity contribution in [2.75, 3.05) is 36.1 Å². The summed E-state index contributed by atoms with van der Waals surface area (Å²) < 4.78 is 6.34. The number of halogens is 1. The zero-order valence-corrected chi connectivity index (χ0v) is 33.8. The first-order valence-corrected chi connectivity index (χ1v) is 20.5. The number of rotatable bonds is 16. The molecular formula is C46H49ClN6O6. The maximum absolute atomic E-state index is 14.2. The Balaban J connectivity index is 1.05. The van der Waals surface area contributed by atoms with E-state index in [9.17, 15) is 24.3 Å². The fourth-order valence-electron chi connectivity index (χ4n) is 8.42. The average molecular weight is 817 g/mol. The van der Waals surface area contributed by atoms with Gasteiger partial charge in [0.15, 0.2) is 0 Å². The summed E-state index contributed by atoms with van der Waals surface area (Å²) in [5.41, 5.74) is 12.9. The molecule has 0 bridgehead atoms. The van der Waals surface area contributed by atoms with E-state index in [1.807, 2.05) is 84.9 Å². The molecule has 0 saturated heterocycles. The molecule has 12 nitrogen and oxygen atoms in total. The van der Waals surface area contributed by atoms with E-state index in [1.54, 1.807) is 26.0 Å². The SMILES string of the molecule is CC(C)[C@@H](C(=O)N[C@@H](CCCNC(N)=O)C(=O)Nc1ccc(COc2cc3c(c4ccccc24)[C@H](CCl)CN3)cc1)N(CC1c2ccccc2-c2ccccc21)C(=O)O. The number of hydrogen-bond acceptors (Lipinski definition) is 6. The Morgan fingerprint density at radius 2 is 1.54 bits per heavy atom. The smallest absolute Gasteiger partial charge is 0.408 e. The molecule has 1 aliphatic heterocycles. The van der Waals surface area contributed by atoms with Gasteiger partial charge in [0.25, 0.3) is 0 Å². The number of nitrogens with two attached hydrogens (primary N) is 1. The molecule has 5 aromatic rings. The van der Waals surface area contributed by atoms with Crippen LogP contribution in [-0.4, -0.2) is 71.5 Å².